The van der Waals surface area contributed by atoms with Crippen molar-refractivity contribution in [3.63, 3.8) is 0 Å². The number of aryl methyl sites for hydroxylation is 2. The van der Waals surface area contributed by atoms with E-state index in [1.807, 2.05) is 39.5 Å². The van der Waals surface area contributed by atoms with Gasteiger partial charge in [0.25, 0.3) is 0 Å². The monoisotopic (exact) mass is 497 g/mol. The van der Waals surface area contributed by atoms with Gasteiger partial charge in [-0.05, 0) is 75.0 Å². The van der Waals surface area contributed by atoms with Crippen molar-refractivity contribution in [1.82, 2.24) is 9.88 Å². The predicted octanol–water partition coefficient (Wildman–Crippen LogP) is 5.99. The largest absolute Gasteiger partial charge is 0.444 e. The number of rotatable bonds is 1. The van der Waals surface area contributed by atoms with E-state index in [1.54, 1.807) is 6.07 Å². The molecule has 2 saturated heterocycles. The second-order valence-electron chi connectivity index (χ2n) is 9.23. The Morgan fingerprint density at radius 2 is 1.87 bits per heavy atom. The third kappa shape index (κ3) is 3.64. The summed E-state index contributed by atoms with van der Waals surface area (Å²) in [5, 5.41) is 1.56. The molecule has 1 aromatic carbocycles. The van der Waals surface area contributed by atoms with Crippen LogP contribution in [0.25, 0.3) is 10.8 Å². The average Bonchev–Trinajstić information content (AvgIpc) is 2.91. The lowest BCUT2D eigenvalue weighted by molar-refractivity contribution is 0.0123. The molecule has 0 saturated carbocycles. The van der Waals surface area contributed by atoms with Gasteiger partial charge < -0.3 is 9.64 Å². The van der Waals surface area contributed by atoms with Crippen LogP contribution in [0.15, 0.2) is 10.5 Å². The van der Waals surface area contributed by atoms with Crippen LogP contribution in [-0.2, 0) is 4.74 Å². The first kappa shape index (κ1) is 21.6. The van der Waals surface area contributed by atoms with Crippen LogP contribution in [0, 0.1) is 19.7 Å². The number of amides is 1. The summed E-state index contributed by atoms with van der Waals surface area (Å²) in [4.78, 5) is 21.6. The molecule has 4 rings (SSSR count). The number of anilines is 1. The molecule has 30 heavy (non-hydrogen) atoms. The molecular weight excluding hydrogens is 473 g/mol. The Morgan fingerprint density at radius 3 is 2.43 bits per heavy atom. The number of pyridine rings is 1. The normalized spacial score (nSPS) is 21.5. The number of halogens is 3. The average molecular weight is 499 g/mol. The Labute approximate surface area is 189 Å². The fraction of sp³-hybridized carbons (Fsp3) is 0.545. The molecule has 2 atom stereocenters. The first-order valence-corrected chi connectivity index (χ1v) is 11.4. The van der Waals surface area contributed by atoms with Gasteiger partial charge in [0.15, 0.2) is 0 Å². The molecule has 2 aliphatic heterocycles. The van der Waals surface area contributed by atoms with Gasteiger partial charge in [-0.3, -0.25) is 4.90 Å². The number of benzene rings is 1. The van der Waals surface area contributed by atoms with E-state index in [1.165, 1.54) is 0 Å². The molecule has 0 aliphatic carbocycles. The summed E-state index contributed by atoms with van der Waals surface area (Å²) in [5.74, 6) is 0.360. The Morgan fingerprint density at radius 1 is 1.27 bits per heavy atom. The Hall–Kier alpha value is -1.60. The number of aromatic nitrogens is 1. The van der Waals surface area contributed by atoms with Crippen molar-refractivity contribution in [1.29, 1.82) is 0 Å². The summed E-state index contributed by atoms with van der Waals surface area (Å²) < 4.78 is 21.0. The highest BCUT2D eigenvalue weighted by Gasteiger charge is 2.45. The highest BCUT2D eigenvalue weighted by atomic mass is 79.9. The minimum absolute atomic E-state index is 0.0489. The predicted molar refractivity (Wildman–Crippen MR) is 121 cm³/mol. The van der Waals surface area contributed by atoms with Crippen molar-refractivity contribution < 1.29 is 13.9 Å². The van der Waals surface area contributed by atoms with Gasteiger partial charge in [-0.15, -0.1) is 0 Å². The van der Waals surface area contributed by atoms with E-state index in [9.17, 15) is 4.79 Å². The van der Waals surface area contributed by atoms with Crippen LogP contribution in [0.3, 0.4) is 0 Å². The minimum Gasteiger partial charge on any atom is -0.444 e. The first-order valence-electron chi connectivity index (χ1n) is 10.2. The molecule has 3 heterocycles. The third-order valence-corrected chi connectivity index (χ3v) is 7.28. The molecule has 0 radical (unpaired) electrons. The highest BCUT2D eigenvalue weighted by Crippen LogP contribution is 2.40. The summed E-state index contributed by atoms with van der Waals surface area (Å²) in [6, 6.07) is 1.88. The van der Waals surface area contributed by atoms with Crippen LogP contribution >= 0.6 is 27.5 Å². The van der Waals surface area contributed by atoms with Crippen molar-refractivity contribution >= 4 is 50.2 Å². The number of carbonyl (C=O) groups is 1. The van der Waals surface area contributed by atoms with Crippen LogP contribution in [0.4, 0.5) is 15.0 Å². The van der Waals surface area contributed by atoms with Gasteiger partial charge >= 0.3 is 6.09 Å². The molecule has 2 aromatic rings. The van der Waals surface area contributed by atoms with E-state index in [0.717, 1.165) is 29.9 Å². The van der Waals surface area contributed by atoms with Crippen LogP contribution in [0.1, 0.15) is 44.9 Å². The first-order chi connectivity index (χ1) is 14.0. The summed E-state index contributed by atoms with van der Waals surface area (Å²) in [5.41, 5.74) is 1.06. The van der Waals surface area contributed by atoms with Gasteiger partial charge in [-0.2, -0.15) is 0 Å². The van der Waals surface area contributed by atoms with Crippen molar-refractivity contribution in [2.45, 2.75) is 65.1 Å². The molecule has 1 aromatic heterocycles. The molecule has 0 N–H and O–H groups in total. The molecule has 5 nitrogen and oxygen atoms in total. The Balaban J connectivity index is 1.72. The number of fused-ring (bicyclic) bond motifs is 3. The zero-order valence-electron chi connectivity index (χ0n) is 17.9. The van der Waals surface area contributed by atoms with Gasteiger partial charge in [0.2, 0.25) is 0 Å². The molecule has 2 bridgehead atoms. The summed E-state index contributed by atoms with van der Waals surface area (Å²) in [6.45, 7) is 10.7. The number of ether oxygens (including phenoxy) is 1. The van der Waals surface area contributed by atoms with Gasteiger partial charge in [-0.1, -0.05) is 11.6 Å². The van der Waals surface area contributed by atoms with Crippen LogP contribution in [-0.4, -0.2) is 46.8 Å². The number of hydrogen-bond acceptors (Lipinski definition) is 4. The second kappa shape index (κ2) is 7.52. The molecule has 2 fully saturated rings. The third-order valence-electron chi connectivity index (χ3n) is 5.98. The van der Waals surface area contributed by atoms with E-state index in [-0.39, 0.29) is 28.5 Å². The van der Waals surface area contributed by atoms with Crippen LogP contribution < -0.4 is 4.90 Å². The fourth-order valence-electron chi connectivity index (χ4n) is 4.55. The maximum absolute atomic E-state index is 15.1. The van der Waals surface area contributed by atoms with Crippen molar-refractivity contribution in [3.05, 3.63) is 32.6 Å². The lowest BCUT2D eigenvalue weighted by atomic mass is 10.0. The maximum atomic E-state index is 15.1. The number of piperazine rings is 1. The number of hydrogen-bond donors (Lipinski definition) is 0. The second-order valence-corrected chi connectivity index (χ2v) is 10.4. The van der Waals surface area contributed by atoms with Crippen molar-refractivity contribution in [3.8, 4) is 0 Å². The molecule has 8 heteroatoms. The SMILES string of the molecule is Cc1nc(N2CC3CCC(C2)N3C(=O)OC(C)(C)C)c2cc(Cl)c(Br)c(F)c2c1C. The molecule has 2 aliphatic rings. The van der Waals surface area contributed by atoms with E-state index in [4.69, 9.17) is 21.3 Å². The van der Waals surface area contributed by atoms with Gasteiger partial charge in [-0.25, -0.2) is 14.2 Å². The topological polar surface area (TPSA) is 45.7 Å². The zero-order chi connectivity index (χ0) is 22.0. The van der Waals surface area contributed by atoms with E-state index in [0.29, 0.717) is 28.9 Å². The standard InChI is InChI=1S/C22H26BrClFN3O2/c1-11-12(2)26-20(15-8-16(24)18(23)19(25)17(11)15)27-9-13-6-7-14(10-27)28(13)21(29)30-22(3,4)5/h8,13-14H,6-7,9-10H2,1-5H3. The molecule has 0 spiro atoms. The lowest BCUT2D eigenvalue weighted by Gasteiger charge is -2.42. The fourth-order valence-corrected chi connectivity index (χ4v) is 5.06. The van der Waals surface area contributed by atoms with Crippen molar-refractivity contribution in [2.24, 2.45) is 0 Å². The maximum Gasteiger partial charge on any atom is 0.410 e. The Bertz CT molecular complexity index is 1030. The van der Waals surface area contributed by atoms with Crippen molar-refractivity contribution in [2.75, 3.05) is 18.0 Å². The highest BCUT2D eigenvalue weighted by molar-refractivity contribution is 9.10. The summed E-state index contributed by atoms with van der Waals surface area (Å²) >= 11 is 9.55. The smallest absolute Gasteiger partial charge is 0.410 e. The summed E-state index contributed by atoms with van der Waals surface area (Å²) in [7, 11) is 0. The van der Waals surface area contributed by atoms with E-state index >= 15 is 4.39 Å². The number of carbonyl (C=O) groups excluding carboxylic acids is 1. The quantitative estimate of drug-likeness (QED) is 0.453. The lowest BCUT2D eigenvalue weighted by Crippen LogP contribution is -2.57. The molecule has 2 unspecified atom stereocenters. The van der Waals surface area contributed by atoms with E-state index < -0.39 is 5.60 Å². The van der Waals surface area contributed by atoms with Crippen LogP contribution in [0.5, 0.6) is 0 Å². The Kier molecular flexibility index (Phi) is 5.42. The zero-order valence-corrected chi connectivity index (χ0v) is 20.2. The van der Waals surface area contributed by atoms with Gasteiger partial charge in [0.1, 0.15) is 17.2 Å². The molecular formula is C22H26BrClFN3O2. The molecule has 1 amide bonds. The van der Waals surface area contributed by atoms with E-state index in [2.05, 4.69) is 20.8 Å². The number of nitrogens with zero attached hydrogens (tertiary/aromatic N) is 3. The minimum atomic E-state index is -0.527. The van der Waals surface area contributed by atoms with Gasteiger partial charge in [0.05, 0.1) is 21.6 Å². The molecule has 162 valence electrons. The summed E-state index contributed by atoms with van der Waals surface area (Å²) in [6.07, 6.45) is 1.58. The van der Waals surface area contributed by atoms with Crippen LogP contribution in [0.2, 0.25) is 5.02 Å². The van der Waals surface area contributed by atoms with Gasteiger partial charge in [0, 0.05) is 29.6 Å².